The first-order valence-corrected chi connectivity index (χ1v) is 9.04. The third kappa shape index (κ3) is 3.44. The van der Waals surface area contributed by atoms with Crippen molar-refractivity contribution in [3.8, 4) is 11.5 Å². The highest BCUT2D eigenvalue weighted by Gasteiger charge is 2.27. The van der Waals surface area contributed by atoms with E-state index >= 15 is 0 Å². The Balaban J connectivity index is 1.67. The number of aryl methyl sites for hydroxylation is 1. The van der Waals surface area contributed by atoms with Crippen LogP contribution in [0.2, 0.25) is 0 Å². The van der Waals surface area contributed by atoms with Crippen LogP contribution < -0.4 is 9.64 Å². The first kappa shape index (κ1) is 17.7. The van der Waals surface area contributed by atoms with Crippen molar-refractivity contribution in [2.24, 2.45) is 0 Å². The first-order valence-electron chi connectivity index (χ1n) is 9.04. The van der Waals surface area contributed by atoms with Gasteiger partial charge in [0.2, 0.25) is 0 Å². The third-order valence-electron chi connectivity index (χ3n) is 4.73. The molecular formula is C22H18N2O4. The van der Waals surface area contributed by atoms with E-state index < -0.39 is 4.92 Å². The number of ether oxygens (including phenoxy) is 1. The van der Waals surface area contributed by atoms with Gasteiger partial charge in [0.25, 0.3) is 11.6 Å². The fraction of sp³-hybridized carbons (Fsp3) is 0.136. The lowest BCUT2D eigenvalue weighted by molar-refractivity contribution is -0.384. The fourth-order valence-corrected chi connectivity index (χ4v) is 3.40. The molecule has 0 atom stereocenters. The monoisotopic (exact) mass is 374 g/mol. The summed E-state index contributed by atoms with van der Waals surface area (Å²) in [5, 5.41) is 11.1. The van der Waals surface area contributed by atoms with Gasteiger partial charge in [-0.05, 0) is 48.7 Å². The van der Waals surface area contributed by atoms with Crippen LogP contribution in [0.5, 0.6) is 11.5 Å². The topological polar surface area (TPSA) is 72.7 Å². The molecule has 0 fully saturated rings. The maximum atomic E-state index is 13.3. The van der Waals surface area contributed by atoms with Crippen LogP contribution in [-0.4, -0.2) is 17.4 Å². The second kappa shape index (κ2) is 7.52. The van der Waals surface area contributed by atoms with Crippen molar-refractivity contribution in [3.05, 3.63) is 94.0 Å². The Kier molecular flexibility index (Phi) is 4.76. The summed E-state index contributed by atoms with van der Waals surface area (Å²) in [4.78, 5) is 25.6. The number of non-ortho nitro benzene ring substituents is 1. The number of benzene rings is 3. The van der Waals surface area contributed by atoms with E-state index in [2.05, 4.69) is 0 Å². The lowest BCUT2D eigenvalue weighted by atomic mass is 10.00. The molecule has 0 saturated carbocycles. The van der Waals surface area contributed by atoms with Gasteiger partial charge in [-0.15, -0.1) is 0 Å². The van der Waals surface area contributed by atoms with E-state index in [0.717, 1.165) is 17.7 Å². The number of amides is 1. The van der Waals surface area contributed by atoms with E-state index in [1.165, 1.54) is 6.07 Å². The van der Waals surface area contributed by atoms with Gasteiger partial charge in [0.15, 0.2) is 0 Å². The molecule has 0 aromatic heterocycles. The minimum atomic E-state index is -0.413. The minimum absolute atomic E-state index is 0.0425. The fourth-order valence-electron chi connectivity index (χ4n) is 3.40. The molecule has 140 valence electrons. The molecule has 0 spiro atoms. The van der Waals surface area contributed by atoms with Crippen LogP contribution in [0.4, 0.5) is 11.4 Å². The maximum Gasteiger partial charge on any atom is 0.269 e. The normalized spacial score (nSPS) is 12.9. The maximum absolute atomic E-state index is 13.3. The second-order valence-corrected chi connectivity index (χ2v) is 6.54. The number of hydrogen-bond donors (Lipinski definition) is 0. The molecule has 28 heavy (non-hydrogen) atoms. The van der Waals surface area contributed by atoms with Crippen LogP contribution in [0.1, 0.15) is 22.3 Å². The molecule has 3 aromatic carbocycles. The van der Waals surface area contributed by atoms with E-state index in [4.69, 9.17) is 4.74 Å². The van der Waals surface area contributed by atoms with Crippen LogP contribution in [0.15, 0.2) is 72.8 Å². The molecular weight excluding hydrogens is 356 g/mol. The average Bonchev–Trinajstić information content (AvgIpc) is 2.73. The third-order valence-corrected chi connectivity index (χ3v) is 4.73. The van der Waals surface area contributed by atoms with Gasteiger partial charge in [0.1, 0.15) is 11.5 Å². The predicted molar refractivity (Wildman–Crippen MR) is 106 cm³/mol. The summed E-state index contributed by atoms with van der Waals surface area (Å²) in [5.74, 6) is 0.950. The molecule has 4 rings (SSSR count). The molecule has 0 saturated heterocycles. The number of nitro groups is 1. The van der Waals surface area contributed by atoms with Gasteiger partial charge >= 0.3 is 0 Å². The van der Waals surface area contributed by atoms with Crippen LogP contribution in [0, 0.1) is 10.1 Å². The number of nitrogens with zero attached hydrogens (tertiary/aromatic N) is 2. The summed E-state index contributed by atoms with van der Waals surface area (Å²) >= 11 is 0. The van der Waals surface area contributed by atoms with Crippen LogP contribution in [-0.2, 0) is 6.42 Å². The summed E-state index contributed by atoms with van der Waals surface area (Å²) in [6.07, 6.45) is 1.46. The van der Waals surface area contributed by atoms with E-state index in [0.29, 0.717) is 30.0 Å². The Morgan fingerprint density at radius 1 is 1.00 bits per heavy atom. The summed E-state index contributed by atoms with van der Waals surface area (Å²) in [5.41, 5.74) is 2.03. The van der Waals surface area contributed by atoms with Crippen molar-refractivity contribution in [1.82, 2.24) is 0 Å². The molecule has 1 amide bonds. The highest BCUT2D eigenvalue weighted by Crippen LogP contribution is 2.33. The Labute approximate surface area is 162 Å². The number of nitro benzene ring substituents is 1. The van der Waals surface area contributed by atoms with Crippen molar-refractivity contribution in [3.63, 3.8) is 0 Å². The Morgan fingerprint density at radius 3 is 2.54 bits per heavy atom. The standard InChI is InChI=1S/C22H18N2O4/c25-22(19-10-4-5-11-21(19)28-18-8-2-1-3-9-18)23-14-6-7-16-15-17(24(26)27)12-13-20(16)23/h1-5,8-13,15H,6-7,14H2. The number of anilines is 1. The largest absolute Gasteiger partial charge is 0.457 e. The molecule has 1 aliphatic rings. The minimum Gasteiger partial charge on any atom is -0.457 e. The SMILES string of the molecule is O=C(c1ccccc1Oc1ccccc1)N1CCCc2cc([N+](=O)[O-])ccc21. The van der Waals surface area contributed by atoms with Gasteiger partial charge in [-0.1, -0.05) is 30.3 Å². The number of para-hydroxylation sites is 2. The molecule has 0 aliphatic carbocycles. The van der Waals surface area contributed by atoms with Crippen molar-refractivity contribution >= 4 is 17.3 Å². The number of carbonyl (C=O) groups is 1. The number of hydrogen-bond acceptors (Lipinski definition) is 4. The summed E-state index contributed by atoms with van der Waals surface area (Å²) in [7, 11) is 0. The molecule has 6 heteroatoms. The van der Waals surface area contributed by atoms with Gasteiger partial charge in [-0.2, -0.15) is 0 Å². The highest BCUT2D eigenvalue weighted by atomic mass is 16.6. The van der Waals surface area contributed by atoms with Gasteiger partial charge in [-0.3, -0.25) is 14.9 Å². The molecule has 3 aromatic rings. The van der Waals surface area contributed by atoms with Gasteiger partial charge in [0, 0.05) is 24.4 Å². The van der Waals surface area contributed by atoms with Crippen LogP contribution in [0.25, 0.3) is 0 Å². The molecule has 0 N–H and O–H groups in total. The zero-order chi connectivity index (χ0) is 19.5. The lowest BCUT2D eigenvalue weighted by Crippen LogP contribution is -2.35. The summed E-state index contributed by atoms with van der Waals surface area (Å²) in [6.45, 7) is 0.559. The van der Waals surface area contributed by atoms with Gasteiger partial charge in [-0.25, -0.2) is 0 Å². The van der Waals surface area contributed by atoms with E-state index in [9.17, 15) is 14.9 Å². The molecule has 0 radical (unpaired) electrons. The Bertz CT molecular complexity index is 1030. The number of rotatable bonds is 4. The summed E-state index contributed by atoms with van der Waals surface area (Å²) < 4.78 is 5.92. The smallest absolute Gasteiger partial charge is 0.269 e. The first-order chi connectivity index (χ1) is 13.6. The molecule has 0 unspecified atom stereocenters. The van der Waals surface area contributed by atoms with Crippen molar-refractivity contribution in [2.75, 3.05) is 11.4 Å². The van der Waals surface area contributed by atoms with Gasteiger partial charge in [0.05, 0.1) is 10.5 Å². The number of carbonyl (C=O) groups excluding carboxylic acids is 1. The second-order valence-electron chi connectivity index (χ2n) is 6.54. The quantitative estimate of drug-likeness (QED) is 0.477. The molecule has 1 heterocycles. The number of fused-ring (bicyclic) bond motifs is 1. The van der Waals surface area contributed by atoms with Crippen LogP contribution >= 0.6 is 0 Å². The van der Waals surface area contributed by atoms with E-state index in [-0.39, 0.29) is 11.6 Å². The zero-order valence-corrected chi connectivity index (χ0v) is 15.1. The molecule has 0 bridgehead atoms. The Morgan fingerprint density at radius 2 is 1.75 bits per heavy atom. The predicted octanol–water partition coefficient (Wildman–Crippen LogP) is 4.98. The van der Waals surface area contributed by atoms with Crippen molar-refractivity contribution in [1.29, 1.82) is 0 Å². The van der Waals surface area contributed by atoms with Gasteiger partial charge < -0.3 is 9.64 Å². The highest BCUT2D eigenvalue weighted by molar-refractivity contribution is 6.08. The average molecular weight is 374 g/mol. The molecule has 6 nitrogen and oxygen atoms in total. The summed E-state index contributed by atoms with van der Waals surface area (Å²) in [6, 6.07) is 21.1. The van der Waals surface area contributed by atoms with Crippen molar-refractivity contribution < 1.29 is 14.5 Å². The van der Waals surface area contributed by atoms with Crippen molar-refractivity contribution in [2.45, 2.75) is 12.8 Å². The lowest BCUT2D eigenvalue weighted by Gasteiger charge is -2.29. The molecule has 1 aliphatic heterocycles. The Hall–Kier alpha value is -3.67. The van der Waals surface area contributed by atoms with E-state index in [1.807, 2.05) is 36.4 Å². The zero-order valence-electron chi connectivity index (χ0n) is 15.1. The van der Waals surface area contributed by atoms with Crippen LogP contribution in [0.3, 0.4) is 0 Å². The van der Waals surface area contributed by atoms with E-state index in [1.54, 1.807) is 35.2 Å².